The van der Waals surface area contributed by atoms with E-state index >= 15 is 0 Å². The summed E-state index contributed by atoms with van der Waals surface area (Å²) in [4.78, 5) is 28.9. The van der Waals surface area contributed by atoms with E-state index in [0.717, 1.165) is 17.0 Å². The van der Waals surface area contributed by atoms with Gasteiger partial charge in [-0.2, -0.15) is 0 Å². The van der Waals surface area contributed by atoms with Gasteiger partial charge in [0.1, 0.15) is 11.0 Å². The Hall–Kier alpha value is -2.80. The SMILES string of the molecule is CCOc1ccc(N=C2NC(=O)[C@H](CC(=O)Nc3ccc(C)c(C)c3)S2)cc1. The lowest BCUT2D eigenvalue weighted by Gasteiger charge is -2.09. The second-order valence-electron chi connectivity index (χ2n) is 6.49. The molecule has 0 spiro atoms. The topological polar surface area (TPSA) is 79.8 Å². The number of thioether (sulfide) groups is 1. The first-order valence-corrected chi connectivity index (χ1v) is 9.98. The second kappa shape index (κ2) is 8.93. The molecule has 0 saturated carbocycles. The number of nitrogens with zero attached hydrogens (tertiary/aromatic N) is 1. The number of amidine groups is 1. The molecule has 6 nitrogen and oxygen atoms in total. The highest BCUT2D eigenvalue weighted by Gasteiger charge is 2.32. The molecule has 0 aliphatic carbocycles. The number of amides is 2. The minimum atomic E-state index is -0.493. The summed E-state index contributed by atoms with van der Waals surface area (Å²) in [6, 6.07) is 13.1. The van der Waals surface area contributed by atoms with E-state index in [1.54, 1.807) is 0 Å². The van der Waals surface area contributed by atoms with Crippen molar-refractivity contribution in [1.82, 2.24) is 5.32 Å². The zero-order valence-corrected chi connectivity index (χ0v) is 16.9. The van der Waals surface area contributed by atoms with Crippen LogP contribution in [0.15, 0.2) is 47.5 Å². The summed E-state index contributed by atoms with van der Waals surface area (Å²) in [7, 11) is 0. The molecule has 2 N–H and O–H groups in total. The summed E-state index contributed by atoms with van der Waals surface area (Å²) in [5.41, 5.74) is 3.72. The summed E-state index contributed by atoms with van der Waals surface area (Å²) in [6.07, 6.45) is 0.0890. The van der Waals surface area contributed by atoms with Gasteiger partial charge < -0.3 is 15.4 Å². The highest BCUT2D eigenvalue weighted by atomic mass is 32.2. The van der Waals surface area contributed by atoms with Crippen molar-refractivity contribution in [2.45, 2.75) is 32.4 Å². The maximum absolute atomic E-state index is 12.3. The summed E-state index contributed by atoms with van der Waals surface area (Å²) in [5, 5.41) is 5.60. The van der Waals surface area contributed by atoms with Crippen LogP contribution in [0.2, 0.25) is 0 Å². The third-order valence-corrected chi connectivity index (χ3v) is 5.40. The quantitative estimate of drug-likeness (QED) is 0.773. The molecule has 2 amide bonds. The van der Waals surface area contributed by atoms with Crippen LogP contribution in [0.1, 0.15) is 24.5 Å². The average molecular weight is 398 g/mol. The Labute approximate surface area is 168 Å². The van der Waals surface area contributed by atoms with Gasteiger partial charge in [-0.3, -0.25) is 9.59 Å². The number of aryl methyl sites for hydroxylation is 2. The Morgan fingerprint density at radius 1 is 1.18 bits per heavy atom. The maximum Gasteiger partial charge on any atom is 0.240 e. The summed E-state index contributed by atoms with van der Waals surface area (Å²) >= 11 is 1.27. The fraction of sp³-hybridized carbons (Fsp3) is 0.286. The number of hydrogen-bond acceptors (Lipinski definition) is 5. The molecule has 1 atom stereocenters. The molecule has 1 heterocycles. The molecule has 7 heteroatoms. The van der Waals surface area contributed by atoms with Crippen molar-refractivity contribution < 1.29 is 14.3 Å². The van der Waals surface area contributed by atoms with E-state index in [9.17, 15) is 9.59 Å². The van der Waals surface area contributed by atoms with Crippen LogP contribution in [0.3, 0.4) is 0 Å². The number of aliphatic imine (C=N–C) groups is 1. The van der Waals surface area contributed by atoms with Crippen molar-refractivity contribution in [1.29, 1.82) is 0 Å². The molecular formula is C21H23N3O3S. The highest BCUT2D eigenvalue weighted by molar-refractivity contribution is 8.15. The third-order valence-electron chi connectivity index (χ3n) is 4.32. The van der Waals surface area contributed by atoms with Crippen molar-refractivity contribution in [2.24, 2.45) is 4.99 Å². The highest BCUT2D eigenvalue weighted by Crippen LogP contribution is 2.26. The molecule has 1 aliphatic heterocycles. The van der Waals surface area contributed by atoms with Crippen LogP contribution in [0.4, 0.5) is 11.4 Å². The van der Waals surface area contributed by atoms with E-state index < -0.39 is 5.25 Å². The Kier molecular flexibility index (Phi) is 6.36. The van der Waals surface area contributed by atoms with E-state index in [2.05, 4.69) is 15.6 Å². The number of ether oxygens (including phenoxy) is 1. The third kappa shape index (κ3) is 5.13. The minimum Gasteiger partial charge on any atom is -0.494 e. The first-order valence-electron chi connectivity index (χ1n) is 9.11. The van der Waals surface area contributed by atoms with Crippen LogP contribution in [0.25, 0.3) is 0 Å². The molecule has 0 unspecified atom stereocenters. The molecule has 28 heavy (non-hydrogen) atoms. The van der Waals surface area contributed by atoms with Gasteiger partial charge in [-0.05, 0) is 68.3 Å². The van der Waals surface area contributed by atoms with Crippen molar-refractivity contribution in [3.63, 3.8) is 0 Å². The fourth-order valence-electron chi connectivity index (χ4n) is 2.69. The Balaban J connectivity index is 1.59. The fourth-order valence-corrected chi connectivity index (χ4v) is 3.68. The largest absolute Gasteiger partial charge is 0.494 e. The average Bonchev–Trinajstić information content (AvgIpc) is 2.99. The molecular weight excluding hydrogens is 374 g/mol. The lowest BCUT2D eigenvalue weighted by Crippen LogP contribution is -2.28. The smallest absolute Gasteiger partial charge is 0.240 e. The van der Waals surface area contributed by atoms with Crippen molar-refractivity contribution >= 4 is 40.1 Å². The predicted octanol–water partition coefficient (Wildman–Crippen LogP) is 3.95. The van der Waals surface area contributed by atoms with Gasteiger partial charge in [-0.1, -0.05) is 17.8 Å². The molecule has 2 aromatic rings. The lowest BCUT2D eigenvalue weighted by atomic mass is 10.1. The zero-order chi connectivity index (χ0) is 20.1. The Morgan fingerprint density at radius 3 is 2.61 bits per heavy atom. The minimum absolute atomic E-state index is 0.0890. The van der Waals surface area contributed by atoms with E-state index in [4.69, 9.17) is 4.74 Å². The van der Waals surface area contributed by atoms with Gasteiger partial charge in [-0.15, -0.1) is 0 Å². The van der Waals surface area contributed by atoms with Crippen LogP contribution < -0.4 is 15.4 Å². The summed E-state index contributed by atoms with van der Waals surface area (Å²) in [5.74, 6) is 0.374. The van der Waals surface area contributed by atoms with E-state index in [-0.39, 0.29) is 18.2 Å². The molecule has 0 bridgehead atoms. The molecule has 0 aromatic heterocycles. The van der Waals surface area contributed by atoms with E-state index in [0.29, 0.717) is 17.5 Å². The second-order valence-corrected chi connectivity index (χ2v) is 7.68. The van der Waals surface area contributed by atoms with Crippen LogP contribution >= 0.6 is 11.8 Å². The van der Waals surface area contributed by atoms with Crippen molar-refractivity contribution in [3.05, 3.63) is 53.6 Å². The Bertz CT molecular complexity index is 910. The van der Waals surface area contributed by atoms with Gasteiger partial charge in [0.15, 0.2) is 5.17 Å². The predicted molar refractivity (Wildman–Crippen MR) is 113 cm³/mol. The number of carbonyl (C=O) groups excluding carboxylic acids is 2. The first kappa shape index (κ1) is 19.9. The number of nitrogens with one attached hydrogen (secondary N) is 2. The van der Waals surface area contributed by atoms with E-state index in [1.165, 1.54) is 17.3 Å². The van der Waals surface area contributed by atoms with Gasteiger partial charge >= 0.3 is 0 Å². The molecule has 0 radical (unpaired) electrons. The zero-order valence-electron chi connectivity index (χ0n) is 16.1. The van der Waals surface area contributed by atoms with Crippen molar-refractivity contribution in [3.8, 4) is 5.75 Å². The summed E-state index contributed by atoms with van der Waals surface area (Å²) in [6.45, 7) is 6.54. The van der Waals surface area contributed by atoms with Gasteiger partial charge in [0.05, 0.1) is 12.3 Å². The molecule has 1 saturated heterocycles. The van der Waals surface area contributed by atoms with Gasteiger partial charge in [-0.25, -0.2) is 4.99 Å². The molecule has 3 rings (SSSR count). The molecule has 1 aliphatic rings. The van der Waals surface area contributed by atoms with Crippen LogP contribution in [0.5, 0.6) is 5.75 Å². The van der Waals surface area contributed by atoms with Crippen LogP contribution in [0, 0.1) is 13.8 Å². The number of carbonyl (C=O) groups is 2. The molecule has 1 fully saturated rings. The molecule has 146 valence electrons. The maximum atomic E-state index is 12.3. The Morgan fingerprint density at radius 2 is 1.93 bits per heavy atom. The van der Waals surface area contributed by atoms with Gasteiger partial charge in [0.25, 0.3) is 0 Å². The summed E-state index contributed by atoms with van der Waals surface area (Å²) < 4.78 is 5.40. The number of anilines is 1. The van der Waals surface area contributed by atoms with Crippen LogP contribution in [-0.2, 0) is 9.59 Å². The normalized spacial score (nSPS) is 17.5. The monoisotopic (exact) mass is 397 g/mol. The van der Waals surface area contributed by atoms with E-state index in [1.807, 2.05) is 63.2 Å². The lowest BCUT2D eigenvalue weighted by molar-refractivity contribution is -0.122. The van der Waals surface area contributed by atoms with Gasteiger partial charge in [0, 0.05) is 12.1 Å². The standard InChI is InChI=1S/C21H23N3O3S/c1-4-27-17-9-7-15(8-10-17)23-21-24-20(26)18(28-21)12-19(25)22-16-6-5-13(2)14(3)11-16/h5-11,18H,4,12H2,1-3H3,(H,22,25)(H,23,24,26)/t18-/m0/s1. The van der Waals surface area contributed by atoms with Crippen LogP contribution in [-0.4, -0.2) is 28.8 Å². The first-order chi connectivity index (χ1) is 13.4. The number of hydrogen-bond donors (Lipinski definition) is 2. The van der Waals surface area contributed by atoms with Gasteiger partial charge in [0.2, 0.25) is 11.8 Å². The number of benzene rings is 2. The van der Waals surface area contributed by atoms with Crippen molar-refractivity contribution in [2.75, 3.05) is 11.9 Å². The number of rotatable bonds is 6. The molecule has 2 aromatic carbocycles.